The van der Waals surface area contributed by atoms with Crippen LogP contribution in [-0.4, -0.2) is 85.0 Å². The van der Waals surface area contributed by atoms with Crippen molar-refractivity contribution in [2.75, 3.05) is 63.8 Å². The normalized spacial score (nSPS) is 14.7. The van der Waals surface area contributed by atoms with Crippen LogP contribution in [0.15, 0.2) is 41.8 Å². The SMILES string of the molecule is C/C(=N\Nc1cc(N2CCOCC2)c2ncn(CC(CNC=O)CN(C)C)c2n1)c1cccc(C)c1.CC. The zero-order chi connectivity index (χ0) is 27.5. The first-order chi connectivity index (χ1) is 18.4. The van der Waals surface area contributed by atoms with Crippen molar-refractivity contribution in [3.05, 3.63) is 47.8 Å². The fourth-order valence-corrected chi connectivity index (χ4v) is 4.53. The minimum absolute atomic E-state index is 0.203. The minimum Gasteiger partial charge on any atom is -0.378 e. The van der Waals surface area contributed by atoms with Crippen LogP contribution in [0.2, 0.25) is 0 Å². The molecule has 3 aromatic rings. The number of pyridine rings is 1. The van der Waals surface area contributed by atoms with Crippen LogP contribution >= 0.6 is 0 Å². The molecule has 4 rings (SSSR count). The molecule has 10 nitrogen and oxygen atoms in total. The van der Waals surface area contributed by atoms with Crippen molar-refractivity contribution in [1.29, 1.82) is 0 Å². The molecule has 1 unspecified atom stereocenters. The van der Waals surface area contributed by atoms with Crippen LogP contribution in [0.25, 0.3) is 11.2 Å². The Bertz CT molecular complexity index is 1200. The molecule has 0 radical (unpaired) electrons. The highest BCUT2D eigenvalue weighted by molar-refractivity contribution is 5.99. The predicted octanol–water partition coefficient (Wildman–Crippen LogP) is 3.36. The van der Waals surface area contributed by atoms with Gasteiger partial charge < -0.3 is 24.4 Å². The van der Waals surface area contributed by atoms with Gasteiger partial charge in [-0.3, -0.25) is 10.2 Å². The molecule has 0 saturated carbocycles. The van der Waals surface area contributed by atoms with Crippen molar-refractivity contribution in [3.8, 4) is 0 Å². The van der Waals surface area contributed by atoms with Gasteiger partial charge in [0, 0.05) is 44.7 Å². The Labute approximate surface area is 226 Å². The standard InChI is InChI=1S/C26H36N8O2.C2H6/c1-19-6-5-7-22(12-19)20(2)30-31-24-13-23(33-8-10-36-11-9-33)25-26(29-24)34(17-28-25)16-21(14-27-18-35)15-32(3)4;1-2/h5-7,12-13,17-18,21H,8-11,14-16H2,1-4H3,(H,27,35)(H,29,31);1-2H3/b30-20+;. The number of nitrogens with one attached hydrogen (secondary N) is 2. The van der Waals surface area contributed by atoms with E-state index in [-0.39, 0.29) is 5.92 Å². The maximum Gasteiger partial charge on any atom is 0.207 e. The number of fused-ring (bicyclic) bond motifs is 1. The fourth-order valence-electron chi connectivity index (χ4n) is 4.53. The van der Waals surface area contributed by atoms with Crippen molar-refractivity contribution in [2.24, 2.45) is 11.0 Å². The average molecular weight is 523 g/mol. The second-order valence-electron chi connectivity index (χ2n) is 9.53. The van der Waals surface area contributed by atoms with E-state index >= 15 is 0 Å². The van der Waals surface area contributed by atoms with Gasteiger partial charge in [0.1, 0.15) is 5.52 Å². The summed E-state index contributed by atoms with van der Waals surface area (Å²) >= 11 is 0. The number of anilines is 2. The van der Waals surface area contributed by atoms with Crippen LogP contribution < -0.4 is 15.6 Å². The third-order valence-corrected chi connectivity index (χ3v) is 6.25. The van der Waals surface area contributed by atoms with E-state index in [0.717, 1.165) is 54.2 Å². The van der Waals surface area contributed by atoms with Crippen molar-refractivity contribution in [3.63, 3.8) is 0 Å². The highest BCUT2D eigenvalue weighted by atomic mass is 16.5. The zero-order valence-corrected chi connectivity index (χ0v) is 23.6. The number of carbonyl (C=O) groups is 1. The molecule has 1 saturated heterocycles. The Morgan fingerprint density at radius 2 is 2.00 bits per heavy atom. The Morgan fingerprint density at radius 3 is 2.68 bits per heavy atom. The molecule has 1 aliphatic rings. The summed E-state index contributed by atoms with van der Waals surface area (Å²) in [7, 11) is 4.07. The van der Waals surface area contributed by atoms with E-state index in [1.807, 2.05) is 53.3 Å². The molecule has 2 N–H and O–H groups in total. The highest BCUT2D eigenvalue weighted by Gasteiger charge is 2.20. The van der Waals surface area contributed by atoms with Crippen LogP contribution in [0.4, 0.5) is 11.5 Å². The highest BCUT2D eigenvalue weighted by Crippen LogP contribution is 2.29. The smallest absolute Gasteiger partial charge is 0.207 e. The summed E-state index contributed by atoms with van der Waals surface area (Å²) in [6.07, 6.45) is 2.59. The number of hydrogen-bond donors (Lipinski definition) is 2. The molecular formula is C28H42N8O2. The number of hydrogen-bond acceptors (Lipinski definition) is 8. The predicted molar refractivity (Wildman–Crippen MR) is 155 cm³/mol. The van der Waals surface area contributed by atoms with Gasteiger partial charge in [0.2, 0.25) is 6.41 Å². The number of aryl methyl sites for hydroxylation is 1. The minimum atomic E-state index is 0.203. The van der Waals surface area contributed by atoms with E-state index < -0.39 is 0 Å². The summed E-state index contributed by atoms with van der Waals surface area (Å²) < 4.78 is 7.64. The number of aromatic nitrogens is 3. The number of nitrogens with zero attached hydrogens (tertiary/aromatic N) is 6. The third kappa shape index (κ3) is 7.75. The maximum absolute atomic E-state index is 10.9. The van der Waals surface area contributed by atoms with Gasteiger partial charge in [-0.1, -0.05) is 43.7 Å². The topological polar surface area (TPSA) is 99.9 Å². The third-order valence-electron chi connectivity index (χ3n) is 6.25. The molecule has 0 spiro atoms. The molecule has 38 heavy (non-hydrogen) atoms. The van der Waals surface area contributed by atoms with E-state index in [4.69, 9.17) is 14.7 Å². The largest absolute Gasteiger partial charge is 0.378 e. The molecular weight excluding hydrogens is 480 g/mol. The molecule has 3 heterocycles. The lowest BCUT2D eigenvalue weighted by Gasteiger charge is -2.29. The van der Waals surface area contributed by atoms with E-state index in [2.05, 4.69) is 55.3 Å². The van der Waals surface area contributed by atoms with Crippen LogP contribution in [0, 0.1) is 12.8 Å². The number of amides is 1. The summed E-state index contributed by atoms with van der Waals surface area (Å²) in [5, 5.41) is 7.46. The zero-order valence-electron chi connectivity index (χ0n) is 23.6. The Hall–Kier alpha value is -3.50. The molecule has 1 fully saturated rings. The quantitative estimate of drug-likeness (QED) is 0.226. The average Bonchev–Trinajstić information content (AvgIpc) is 3.33. The Morgan fingerprint density at radius 1 is 1.24 bits per heavy atom. The van der Waals surface area contributed by atoms with Crippen molar-refractivity contribution < 1.29 is 9.53 Å². The number of rotatable bonds is 11. The number of carbonyl (C=O) groups excluding carboxylic acids is 1. The summed E-state index contributed by atoms with van der Waals surface area (Å²) in [5.74, 6) is 0.863. The van der Waals surface area contributed by atoms with E-state index in [1.54, 1.807) is 0 Å². The van der Waals surface area contributed by atoms with Gasteiger partial charge in [0.05, 0.1) is 30.9 Å². The second kappa shape index (κ2) is 14.4. The summed E-state index contributed by atoms with van der Waals surface area (Å²) in [4.78, 5) is 25.0. The lowest BCUT2D eigenvalue weighted by atomic mass is 10.1. The number of hydrazone groups is 1. The Balaban J connectivity index is 0.00000195. The van der Waals surface area contributed by atoms with E-state index in [9.17, 15) is 4.79 Å². The molecule has 1 amide bonds. The van der Waals surface area contributed by atoms with Crippen molar-refractivity contribution in [1.82, 2.24) is 24.8 Å². The summed E-state index contributed by atoms with van der Waals surface area (Å²) in [6, 6.07) is 10.3. The summed E-state index contributed by atoms with van der Waals surface area (Å²) in [5.41, 5.74) is 8.98. The first-order valence-corrected chi connectivity index (χ1v) is 13.3. The lowest BCUT2D eigenvalue weighted by molar-refractivity contribution is -0.109. The van der Waals surface area contributed by atoms with Crippen LogP contribution in [0.5, 0.6) is 0 Å². The lowest BCUT2D eigenvalue weighted by Crippen LogP contribution is -2.36. The molecule has 206 valence electrons. The first-order valence-electron chi connectivity index (χ1n) is 13.3. The maximum atomic E-state index is 10.9. The van der Waals surface area contributed by atoms with E-state index in [0.29, 0.717) is 32.1 Å². The van der Waals surface area contributed by atoms with Gasteiger partial charge in [-0.2, -0.15) is 5.10 Å². The van der Waals surface area contributed by atoms with Crippen LogP contribution in [0.1, 0.15) is 31.9 Å². The van der Waals surface area contributed by atoms with Gasteiger partial charge in [-0.25, -0.2) is 9.97 Å². The number of imidazole rings is 1. The second-order valence-corrected chi connectivity index (χ2v) is 9.53. The van der Waals surface area contributed by atoms with Crippen LogP contribution in [0.3, 0.4) is 0 Å². The molecule has 1 aromatic carbocycles. The van der Waals surface area contributed by atoms with E-state index in [1.165, 1.54) is 5.56 Å². The molecule has 1 atom stereocenters. The van der Waals surface area contributed by atoms with Crippen LogP contribution in [-0.2, 0) is 16.1 Å². The van der Waals surface area contributed by atoms with Gasteiger partial charge in [-0.05, 0) is 33.5 Å². The number of morpholine rings is 1. The Kier molecular flexibility index (Phi) is 11.0. The molecule has 0 aliphatic carbocycles. The first kappa shape index (κ1) is 29.1. The molecule has 0 bridgehead atoms. The molecule has 2 aromatic heterocycles. The van der Waals surface area contributed by atoms with Crippen molar-refractivity contribution >= 4 is 34.8 Å². The van der Waals surface area contributed by atoms with Gasteiger partial charge in [-0.15, -0.1) is 0 Å². The number of ether oxygens (including phenoxy) is 1. The summed E-state index contributed by atoms with van der Waals surface area (Å²) in [6.45, 7) is 13.1. The number of benzene rings is 1. The van der Waals surface area contributed by atoms with Gasteiger partial charge in [0.15, 0.2) is 11.5 Å². The van der Waals surface area contributed by atoms with Gasteiger partial charge in [0.25, 0.3) is 0 Å². The fraction of sp³-hybridized carbons (Fsp3) is 0.500. The van der Waals surface area contributed by atoms with Crippen molar-refractivity contribution in [2.45, 2.75) is 34.2 Å². The van der Waals surface area contributed by atoms with Gasteiger partial charge >= 0.3 is 0 Å². The monoisotopic (exact) mass is 522 g/mol. The molecule has 1 aliphatic heterocycles. The molecule has 10 heteroatoms.